The summed E-state index contributed by atoms with van der Waals surface area (Å²) in [5.74, 6) is 0. The number of aryl methyl sites for hydroxylation is 2. The van der Waals surface area contributed by atoms with E-state index in [-0.39, 0.29) is 0 Å². The fourth-order valence-corrected chi connectivity index (χ4v) is 12.6. The number of hydrogen-bond acceptors (Lipinski definition) is 7. The van der Waals surface area contributed by atoms with Crippen LogP contribution in [0.2, 0.25) is 0 Å². The van der Waals surface area contributed by atoms with E-state index >= 15 is 0 Å². The summed E-state index contributed by atoms with van der Waals surface area (Å²) >= 11 is 0. The molecule has 14 rings (SSSR count). The van der Waals surface area contributed by atoms with Crippen molar-refractivity contribution in [3.8, 4) is 45.3 Å². The lowest BCUT2D eigenvalue weighted by Crippen LogP contribution is -2.38. The first kappa shape index (κ1) is 40.9. The lowest BCUT2D eigenvalue weighted by atomic mass is 9.64. The Labute approximate surface area is 410 Å². The van der Waals surface area contributed by atoms with Crippen molar-refractivity contribution in [3.05, 3.63) is 280 Å². The maximum absolute atomic E-state index is 5.37. The number of benzene rings is 3. The molecule has 1 aliphatic heterocycles. The summed E-state index contributed by atoms with van der Waals surface area (Å²) in [6.45, 7) is 4.36. The van der Waals surface area contributed by atoms with Gasteiger partial charge in [0.05, 0.1) is 50.4 Å². The maximum atomic E-state index is 5.37. The van der Waals surface area contributed by atoms with E-state index in [1.807, 2.05) is 85.5 Å². The molecule has 9 nitrogen and oxygen atoms in total. The standard InChI is InChI=1S/C62H43N9/c1-39-13-4-14-40(2)53(39)41-25-32-63-52(35-41)61(48-21-9-28-66-56(48)57-49(61)22-10-29-67-57)44-17-5-15-42(36-44)60(46-19-7-26-64-54(46)55-47(60)20-8-27-65-55)43-16-6-18-45(37-43)62(71-34-33-70(3)38-71)50-23-11-30-68-58(50)59-51(62)24-12-31-69-59/h4-37H,1-3H3/q+2. The average molecular weight is 914 g/mol. The summed E-state index contributed by atoms with van der Waals surface area (Å²) in [5.41, 5.74) is 18.5. The largest absolute Gasteiger partial charge is 0.490 e. The number of pyridine rings is 7. The molecule has 4 aliphatic rings. The zero-order chi connectivity index (χ0) is 47.5. The van der Waals surface area contributed by atoms with Crippen LogP contribution in [0.3, 0.4) is 0 Å². The predicted molar refractivity (Wildman–Crippen MR) is 273 cm³/mol. The Morgan fingerprint density at radius 1 is 0.380 bits per heavy atom. The van der Waals surface area contributed by atoms with Crippen LogP contribution >= 0.6 is 0 Å². The molecule has 0 N–H and O–H groups in total. The molecule has 71 heavy (non-hydrogen) atoms. The van der Waals surface area contributed by atoms with Gasteiger partial charge in [-0.15, -0.1) is 0 Å². The van der Waals surface area contributed by atoms with E-state index in [1.54, 1.807) is 0 Å². The van der Waals surface area contributed by atoms with E-state index in [1.165, 1.54) is 16.7 Å². The second-order valence-corrected chi connectivity index (χ2v) is 18.8. The molecule has 0 saturated carbocycles. The molecule has 334 valence electrons. The molecule has 0 spiro atoms. The normalized spacial score (nSPS) is 15.5. The van der Waals surface area contributed by atoms with E-state index in [2.05, 4.69) is 158 Å². The van der Waals surface area contributed by atoms with Crippen LogP contribution in [0.5, 0.6) is 0 Å². The van der Waals surface area contributed by atoms with Crippen molar-refractivity contribution in [3.63, 3.8) is 0 Å². The second kappa shape index (κ2) is 15.2. The Kier molecular flexibility index (Phi) is 8.73. The molecule has 10 aromatic rings. The van der Waals surface area contributed by atoms with Crippen LogP contribution < -0.4 is 0 Å². The highest BCUT2D eigenvalue weighted by Crippen LogP contribution is 2.59. The zero-order valence-electron chi connectivity index (χ0n) is 39.2. The number of nitrogens with zero attached hydrogens (tertiary/aromatic N) is 9. The summed E-state index contributed by atoms with van der Waals surface area (Å²) in [6.07, 6.45) is 17.3. The molecule has 0 amide bonds. The molecule has 0 fully saturated rings. The molecular formula is C62H43N9+2. The quantitative estimate of drug-likeness (QED) is 0.147. The predicted octanol–water partition coefficient (Wildman–Crippen LogP) is 11.0. The fraction of sp³-hybridized carbons (Fsp3) is 0.0968. The van der Waals surface area contributed by atoms with Crippen molar-refractivity contribution < 1.29 is 9.15 Å². The van der Waals surface area contributed by atoms with Crippen molar-refractivity contribution in [1.82, 2.24) is 34.9 Å². The highest BCUT2D eigenvalue weighted by Gasteiger charge is 2.59. The van der Waals surface area contributed by atoms with Crippen LogP contribution in [0.25, 0.3) is 45.3 Å². The molecule has 0 unspecified atom stereocenters. The van der Waals surface area contributed by atoms with Gasteiger partial charge in [-0.25, -0.2) is 0 Å². The first-order valence-electron chi connectivity index (χ1n) is 23.9. The average Bonchev–Trinajstić information content (AvgIpc) is 4.17. The van der Waals surface area contributed by atoms with E-state index in [4.69, 9.17) is 34.9 Å². The molecule has 0 saturated heterocycles. The smallest absolute Gasteiger partial charge is 0.260 e. The molecule has 0 radical (unpaired) electrons. The Balaban J connectivity index is 1.08. The van der Waals surface area contributed by atoms with Crippen LogP contribution in [0.4, 0.5) is 0 Å². The minimum atomic E-state index is -0.909. The first-order chi connectivity index (χ1) is 34.9. The van der Waals surface area contributed by atoms with Gasteiger partial charge in [0.25, 0.3) is 5.54 Å². The monoisotopic (exact) mass is 913 g/mol. The van der Waals surface area contributed by atoms with Crippen molar-refractivity contribution in [1.29, 1.82) is 0 Å². The molecule has 3 aromatic carbocycles. The molecule has 3 aliphatic carbocycles. The lowest BCUT2D eigenvalue weighted by molar-refractivity contribution is -0.533. The van der Waals surface area contributed by atoms with E-state index in [0.29, 0.717) is 0 Å². The van der Waals surface area contributed by atoms with E-state index in [9.17, 15) is 0 Å². The second-order valence-electron chi connectivity index (χ2n) is 18.8. The lowest BCUT2D eigenvalue weighted by Gasteiger charge is -2.37. The van der Waals surface area contributed by atoms with Gasteiger partial charge in [0, 0.05) is 60.1 Å². The summed E-state index contributed by atoms with van der Waals surface area (Å²) in [5, 5.41) is 0. The van der Waals surface area contributed by atoms with Crippen LogP contribution in [-0.4, -0.2) is 57.1 Å². The Bertz CT molecular complexity index is 3860. The summed E-state index contributed by atoms with van der Waals surface area (Å²) in [7, 11) is 2.01. The van der Waals surface area contributed by atoms with Crippen molar-refractivity contribution in [2.75, 3.05) is 7.05 Å². The van der Waals surface area contributed by atoms with Gasteiger partial charge in [-0.1, -0.05) is 94.1 Å². The Hall–Kier alpha value is -9.17. The van der Waals surface area contributed by atoms with Gasteiger partial charge in [0.15, 0.2) is 7.05 Å². The summed E-state index contributed by atoms with van der Waals surface area (Å²) < 4.78 is 4.16. The van der Waals surface area contributed by atoms with Crippen molar-refractivity contribution >= 4 is 6.01 Å². The SMILES string of the molecule is Cc1cccc(C)c1-c1ccnc(C2(c3cccc(C4(c5cccc(C6([N+]7=C=[N+](C)C=C7)c7cccnc7-c7ncccc76)c5)c5cccnc5-c5ncccc54)c3)c3cccnc3-c3ncccc32)c1. The van der Waals surface area contributed by atoms with Crippen molar-refractivity contribution in [2.45, 2.75) is 30.2 Å². The third-order valence-corrected chi connectivity index (χ3v) is 15.3. The number of fused-ring (bicyclic) bond motifs is 9. The number of rotatable bonds is 7. The van der Waals surface area contributed by atoms with Crippen LogP contribution in [-0.2, 0) is 16.4 Å². The zero-order valence-corrected chi connectivity index (χ0v) is 39.2. The molecule has 8 heterocycles. The van der Waals surface area contributed by atoms with Gasteiger partial charge in [0.2, 0.25) is 12.4 Å². The Morgan fingerprint density at radius 2 is 0.789 bits per heavy atom. The van der Waals surface area contributed by atoms with Crippen LogP contribution in [0.15, 0.2) is 207 Å². The van der Waals surface area contributed by atoms with Gasteiger partial charge in [-0.05, 0) is 131 Å². The minimum absolute atomic E-state index is 0.849. The molecule has 0 bridgehead atoms. The van der Waals surface area contributed by atoms with Gasteiger partial charge < -0.3 is 0 Å². The van der Waals surface area contributed by atoms with Gasteiger partial charge in [-0.2, -0.15) is 0 Å². The molecule has 9 heteroatoms. The van der Waals surface area contributed by atoms with Gasteiger partial charge in [0.1, 0.15) is 11.4 Å². The summed E-state index contributed by atoms with van der Waals surface area (Å²) in [6, 6.07) is 58.2. The first-order valence-corrected chi connectivity index (χ1v) is 23.9. The molecule has 7 aromatic heterocycles. The van der Waals surface area contributed by atoms with Gasteiger partial charge >= 0.3 is 6.01 Å². The van der Waals surface area contributed by atoms with Crippen molar-refractivity contribution in [2.24, 2.45) is 0 Å². The number of aromatic nitrogens is 7. The van der Waals surface area contributed by atoms with Gasteiger partial charge in [-0.3, -0.25) is 34.9 Å². The molecular weight excluding hydrogens is 871 g/mol. The fourth-order valence-electron chi connectivity index (χ4n) is 12.6. The van der Waals surface area contributed by atoms with E-state index in [0.717, 1.165) is 101 Å². The topological polar surface area (TPSA) is 96.2 Å². The van der Waals surface area contributed by atoms with E-state index < -0.39 is 16.4 Å². The van der Waals surface area contributed by atoms with Crippen LogP contribution in [0, 0.1) is 13.8 Å². The molecule has 0 atom stereocenters. The maximum Gasteiger partial charge on any atom is 0.490 e. The summed E-state index contributed by atoms with van der Waals surface area (Å²) in [4.78, 5) is 35.7. The Morgan fingerprint density at radius 3 is 1.27 bits per heavy atom. The third-order valence-electron chi connectivity index (χ3n) is 15.3. The number of hydrogen-bond donors (Lipinski definition) is 0. The highest BCUT2D eigenvalue weighted by molar-refractivity contribution is 5.85. The van der Waals surface area contributed by atoms with Crippen LogP contribution in [0.1, 0.15) is 72.5 Å². The highest BCUT2D eigenvalue weighted by atomic mass is 15.2. The minimum Gasteiger partial charge on any atom is -0.260 e. The third kappa shape index (κ3) is 5.38.